The lowest BCUT2D eigenvalue weighted by Gasteiger charge is -2.21. The van der Waals surface area contributed by atoms with E-state index in [-0.39, 0.29) is 5.60 Å². The number of aliphatic hydroxyl groups excluding tert-OH is 1. The first-order valence-corrected chi connectivity index (χ1v) is 5.01. The Balaban J connectivity index is 0.000000265. The van der Waals surface area contributed by atoms with Crippen LogP contribution < -0.4 is 5.32 Å². The third kappa shape index (κ3) is 8.32. The number of carbonyl (C=O) groups excluding carboxylic acids is 1. The molecule has 1 aliphatic heterocycles. The van der Waals surface area contributed by atoms with Crippen LogP contribution in [-0.4, -0.2) is 42.5 Å². The minimum atomic E-state index is -1.05. The summed E-state index contributed by atoms with van der Waals surface area (Å²) in [4.78, 5) is 9.60. The van der Waals surface area contributed by atoms with Crippen LogP contribution in [0.4, 0.5) is 4.39 Å². The van der Waals surface area contributed by atoms with Crippen molar-refractivity contribution in [3.8, 4) is 0 Å². The molecule has 1 rings (SSSR count). The minimum Gasteiger partial charge on any atom is -0.462 e. The molecule has 0 aromatic rings. The quantitative estimate of drug-likeness (QED) is 0.638. The van der Waals surface area contributed by atoms with Crippen molar-refractivity contribution < 1.29 is 19.0 Å². The maximum Gasteiger partial charge on any atom is 0.293 e. The van der Waals surface area contributed by atoms with Crippen molar-refractivity contribution in [3.63, 3.8) is 0 Å². The van der Waals surface area contributed by atoms with E-state index in [1.165, 1.54) is 0 Å². The van der Waals surface area contributed by atoms with E-state index in [0.29, 0.717) is 19.4 Å². The SMILES string of the molecule is CC(C)(C)OC=O.O[C@H]1CCNC[C@H]1F. The molecule has 5 heteroatoms. The highest BCUT2D eigenvalue weighted by Gasteiger charge is 2.20. The Morgan fingerprint density at radius 3 is 2.33 bits per heavy atom. The Morgan fingerprint density at radius 1 is 1.53 bits per heavy atom. The summed E-state index contributed by atoms with van der Waals surface area (Å²) in [5, 5.41) is 11.6. The molecule has 0 aromatic heterocycles. The second-order valence-corrected chi connectivity index (χ2v) is 4.40. The molecule has 0 amide bonds. The maximum absolute atomic E-state index is 12.3. The number of halogens is 1. The minimum absolute atomic E-state index is 0.307. The summed E-state index contributed by atoms with van der Waals surface area (Å²) < 4.78 is 16.8. The van der Waals surface area contributed by atoms with E-state index in [2.05, 4.69) is 10.1 Å². The molecule has 1 aliphatic rings. The van der Waals surface area contributed by atoms with E-state index in [0.717, 1.165) is 6.54 Å². The fourth-order valence-corrected chi connectivity index (χ4v) is 0.951. The smallest absolute Gasteiger partial charge is 0.293 e. The highest BCUT2D eigenvalue weighted by Crippen LogP contribution is 2.05. The number of ether oxygens (including phenoxy) is 1. The van der Waals surface area contributed by atoms with Crippen LogP contribution in [0.25, 0.3) is 0 Å². The van der Waals surface area contributed by atoms with Crippen molar-refractivity contribution >= 4 is 6.47 Å². The monoisotopic (exact) mass is 221 g/mol. The Bertz CT molecular complexity index is 172. The molecule has 1 heterocycles. The molecule has 4 nitrogen and oxygen atoms in total. The van der Waals surface area contributed by atoms with E-state index in [1.54, 1.807) is 0 Å². The van der Waals surface area contributed by atoms with Crippen molar-refractivity contribution in [1.82, 2.24) is 5.32 Å². The van der Waals surface area contributed by atoms with Gasteiger partial charge in [-0.05, 0) is 33.7 Å². The Morgan fingerprint density at radius 2 is 2.13 bits per heavy atom. The third-order valence-electron chi connectivity index (χ3n) is 1.78. The Labute approximate surface area is 89.8 Å². The molecule has 0 saturated carbocycles. The van der Waals surface area contributed by atoms with E-state index in [1.807, 2.05) is 20.8 Å². The van der Waals surface area contributed by atoms with Gasteiger partial charge in [0, 0.05) is 6.54 Å². The zero-order valence-electron chi connectivity index (χ0n) is 9.50. The van der Waals surface area contributed by atoms with Crippen LogP contribution in [0.3, 0.4) is 0 Å². The summed E-state index contributed by atoms with van der Waals surface area (Å²) in [6.45, 7) is 6.97. The van der Waals surface area contributed by atoms with Crippen molar-refractivity contribution in [3.05, 3.63) is 0 Å². The Hall–Kier alpha value is -0.680. The van der Waals surface area contributed by atoms with Crippen LogP contribution in [0.5, 0.6) is 0 Å². The largest absolute Gasteiger partial charge is 0.462 e. The van der Waals surface area contributed by atoms with E-state index in [4.69, 9.17) is 5.11 Å². The summed E-state index contributed by atoms with van der Waals surface area (Å²) in [5.74, 6) is 0. The standard InChI is InChI=1S/C5H10FNO.C5H10O2/c6-4-3-7-2-1-5(4)8;1-5(2,3)7-4-6/h4-5,7-8H,1-3H2;4H,1-3H3/t4-,5+;/m1./s1. The number of nitrogens with one attached hydrogen (secondary N) is 1. The summed E-state index contributed by atoms with van der Waals surface area (Å²) in [6.07, 6.45) is -1.23. The molecule has 0 bridgehead atoms. The number of piperidine rings is 1. The van der Waals surface area contributed by atoms with Crippen LogP contribution in [0.1, 0.15) is 27.2 Å². The third-order valence-corrected chi connectivity index (χ3v) is 1.78. The maximum atomic E-state index is 12.3. The highest BCUT2D eigenvalue weighted by atomic mass is 19.1. The molecule has 0 unspecified atom stereocenters. The van der Waals surface area contributed by atoms with Gasteiger partial charge in [0.15, 0.2) is 0 Å². The van der Waals surface area contributed by atoms with Gasteiger partial charge < -0.3 is 15.2 Å². The van der Waals surface area contributed by atoms with Crippen LogP contribution in [-0.2, 0) is 9.53 Å². The van der Waals surface area contributed by atoms with Crippen molar-refractivity contribution in [2.75, 3.05) is 13.1 Å². The zero-order valence-corrected chi connectivity index (χ0v) is 9.50. The number of alkyl halides is 1. The molecule has 1 fully saturated rings. The zero-order chi connectivity index (χ0) is 11.9. The average molecular weight is 221 g/mol. The van der Waals surface area contributed by atoms with E-state index in [9.17, 15) is 9.18 Å². The summed E-state index contributed by atoms with van der Waals surface area (Å²) in [5.41, 5.74) is -0.318. The molecule has 0 radical (unpaired) electrons. The summed E-state index contributed by atoms with van der Waals surface area (Å²) in [7, 11) is 0. The number of rotatable bonds is 1. The summed E-state index contributed by atoms with van der Waals surface area (Å²) >= 11 is 0. The van der Waals surface area contributed by atoms with Crippen LogP contribution >= 0.6 is 0 Å². The van der Waals surface area contributed by atoms with Gasteiger partial charge in [-0.2, -0.15) is 0 Å². The number of aliphatic hydroxyl groups is 1. The normalized spacial score (nSPS) is 26.2. The van der Waals surface area contributed by atoms with Crippen molar-refractivity contribution in [1.29, 1.82) is 0 Å². The molecule has 15 heavy (non-hydrogen) atoms. The molecule has 0 aliphatic carbocycles. The molecule has 1 saturated heterocycles. The first-order chi connectivity index (χ1) is 6.87. The lowest BCUT2D eigenvalue weighted by atomic mass is 10.1. The average Bonchev–Trinajstić information content (AvgIpc) is 2.09. The van der Waals surface area contributed by atoms with Crippen LogP contribution in [0.15, 0.2) is 0 Å². The molecule has 2 atom stereocenters. The lowest BCUT2D eigenvalue weighted by molar-refractivity contribution is -0.138. The van der Waals surface area contributed by atoms with Gasteiger partial charge in [-0.1, -0.05) is 0 Å². The van der Waals surface area contributed by atoms with Gasteiger partial charge in [0.25, 0.3) is 6.47 Å². The van der Waals surface area contributed by atoms with Gasteiger partial charge >= 0.3 is 0 Å². The predicted molar refractivity (Wildman–Crippen MR) is 55.3 cm³/mol. The fourth-order valence-electron chi connectivity index (χ4n) is 0.951. The number of carbonyl (C=O) groups is 1. The molecular weight excluding hydrogens is 201 g/mol. The number of hydrogen-bond acceptors (Lipinski definition) is 4. The second-order valence-electron chi connectivity index (χ2n) is 4.40. The second kappa shape index (κ2) is 6.74. The van der Waals surface area contributed by atoms with Crippen molar-refractivity contribution in [2.24, 2.45) is 0 Å². The van der Waals surface area contributed by atoms with Gasteiger partial charge in [0.2, 0.25) is 0 Å². The fraction of sp³-hybridized carbons (Fsp3) is 0.900. The molecule has 90 valence electrons. The first kappa shape index (κ1) is 14.3. The van der Waals surface area contributed by atoms with Crippen molar-refractivity contribution in [2.45, 2.75) is 45.1 Å². The molecular formula is C10H20FNO3. The van der Waals surface area contributed by atoms with Crippen LogP contribution in [0, 0.1) is 0 Å². The van der Waals surface area contributed by atoms with Gasteiger partial charge in [0.05, 0.1) is 6.10 Å². The van der Waals surface area contributed by atoms with Gasteiger partial charge in [0.1, 0.15) is 11.8 Å². The predicted octanol–water partition coefficient (Wildman–Crippen LogP) is 0.637. The molecule has 0 spiro atoms. The first-order valence-electron chi connectivity index (χ1n) is 5.01. The topological polar surface area (TPSA) is 58.6 Å². The number of hydrogen-bond donors (Lipinski definition) is 2. The van der Waals surface area contributed by atoms with Gasteiger partial charge in [-0.3, -0.25) is 4.79 Å². The van der Waals surface area contributed by atoms with Gasteiger partial charge in [-0.25, -0.2) is 4.39 Å². The van der Waals surface area contributed by atoms with Crippen LogP contribution in [0.2, 0.25) is 0 Å². The summed E-state index contributed by atoms with van der Waals surface area (Å²) in [6, 6.07) is 0. The van der Waals surface area contributed by atoms with Gasteiger partial charge in [-0.15, -0.1) is 0 Å². The van der Waals surface area contributed by atoms with E-state index >= 15 is 0 Å². The molecule has 0 aromatic carbocycles. The Kier molecular flexibility index (Phi) is 6.43. The highest BCUT2D eigenvalue weighted by molar-refractivity contribution is 5.37. The van der Waals surface area contributed by atoms with E-state index < -0.39 is 12.3 Å². The molecule has 2 N–H and O–H groups in total. The lowest BCUT2D eigenvalue weighted by Crippen LogP contribution is -2.41.